The van der Waals surface area contributed by atoms with Crippen LogP contribution in [-0.2, 0) is 6.18 Å². The fraction of sp³-hybridized carbons (Fsp3) is 0.308. The number of pyridine rings is 1. The normalized spacial score (nSPS) is 11.2. The number of halogens is 3. The lowest BCUT2D eigenvalue weighted by Crippen LogP contribution is -2.18. The summed E-state index contributed by atoms with van der Waals surface area (Å²) in [5, 5.41) is 5.66. The third kappa shape index (κ3) is 4.30. The fourth-order valence-electron chi connectivity index (χ4n) is 1.70. The Labute approximate surface area is 119 Å². The van der Waals surface area contributed by atoms with Gasteiger partial charge in [-0.1, -0.05) is 0 Å². The maximum absolute atomic E-state index is 12.8. The van der Waals surface area contributed by atoms with Gasteiger partial charge in [0, 0.05) is 31.0 Å². The van der Waals surface area contributed by atoms with E-state index in [4.69, 9.17) is 0 Å². The van der Waals surface area contributed by atoms with Gasteiger partial charge in [0.25, 0.3) is 0 Å². The highest BCUT2D eigenvalue weighted by atomic mass is 19.4. The zero-order valence-electron chi connectivity index (χ0n) is 11.3. The molecule has 0 saturated carbocycles. The van der Waals surface area contributed by atoms with Gasteiger partial charge in [0.05, 0.1) is 5.56 Å². The average molecular weight is 297 g/mol. The van der Waals surface area contributed by atoms with E-state index in [1.807, 2.05) is 6.92 Å². The first-order valence-electron chi connectivity index (χ1n) is 6.25. The van der Waals surface area contributed by atoms with Crippen molar-refractivity contribution in [2.75, 3.05) is 23.7 Å². The van der Waals surface area contributed by atoms with Crippen LogP contribution >= 0.6 is 0 Å². The average Bonchev–Trinajstić information content (AvgIpc) is 2.43. The number of aryl methyl sites for hydroxylation is 1. The quantitative estimate of drug-likeness (QED) is 0.831. The van der Waals surface area contributed by atoms with Gasteiger partial charge in [-0.2, -0.15) is 13.2 Å². The first kappa shape index (κ1) is 15.0. The lowest BCUT2D eigenvalue weighted by Gasteiger charge is -2.13. The third-order valence-electron chi connectivity index (χ3n) is 2.64. The first-order valence-corrected chi connectivity index (χ1v) is 6.25. The molecule has 2 aromatic heterocycles. The highest BCUT2D eigenvalue weighted by Gasteiger charge is 2.33. The van der Waals surface area contributed by atoms with Crippen molar-refractivity contribution >= 4 is 11.6 Å². The van der Waals surface area contributed by atoms with Crippen LogP contribution in [0.1, 0.15) is 11.3 Å². The number of nitrogens with zero attached hydrogens (tertiary/aromatic N) is 3. The van der Waals surface area contributed by atoms with Crippen molar-refractivity contribution in [1.29, 1.82) is 0 Å². The number of aromatic nitrogens is 3. The molecule has 0 radical (unpaired) electrons. The second kappa shape index (κ2) is 6.38. The minimum absolute atomic E-state index is 0.175. The highest BCUT2D eigenvalue weighted by Crippen LogP contribution is 2.33. The van der Waals surface area contributed by atoms with Crippen molar-refractivity contribution < 1.29 is 13.2 Å². The molecule has 2 aromatic rings. The Balaban J connectivity index is 1.90. The molecule has 0 amide bonds. The molecule has 0 unspecified atom stereocenters. The number of nitrogens with one attached hydrogen (secondary N) is 2. The molecule has 0 aromatic carbocycles. The molecule has 2 heterocycles. The zero-order valence-corrected chi connectivity index (χ0v) is 11.3. The summed E-state index contributed by atoms with van der Waals surface area (Å²) < 4.78 is 38.3. The van der Waals surface area contributed by atoms with Crippen LogP contribution in [0.4, 0.5) is 24.8 Å². The monoisotopic (exact) mass is 297 g/mol. The Morgan fingerprint density at radius 3 is 2.57 bits per heavy atom. The van der Waals surface area contributed by atoms with Crippen molar-refractivity contribution in [2.24, 2.45) is 0 Å². The minimum atomic E-state index is -4.42. The van der Waals surface area contributed by atoms with E-state index in [9.17, 15) is 13.2 Å². The van der Waals surface area contributed by atoms with Crippen molar-refractivity contribution in [3.63, 3.8) is 0 Å². The molecule has 0 fully saturated rings. The molecule has 8 heteroatoms. The van der Waals surface area contributed by atoms with Crippen molar-refractivity contribution in [3.05, 3.63) is 42.0 Å². The predicted octanol–water partition coefficient (Wildman–Crippen LogP) is 2.72. The van der Waals surface area contributed by atoms with Gasteiger partial charge < -0.3 is 10.6 Å². The molecular formula is C13H14F3N5. The van der Waals surface area contributed by atoms with Gasteiger partial charge in [0.1, 0.15) is 18.0 Å². The van der Waals surface area contributed by atoms with Gasteiger partial charge in [-0.15, -0.1) is 0 Å². The van der Waals surface area contributed by atoms with Crippen LogP contribution in [0.3, 0.4) is 0 Å². The largest absolute Gasteiger partial charge is 0.419 e. The number of rotatable bonds is 5. The van der Waals surface area contributed by atoms with Crippen LogP contribution in [0.25, 0.3) is 0 Å². The minimum Gasteiger partial charge on any atom is -0.368 e. The summed E-state index contributed by atoms with van der Waals surface area (Å²) in [4.78, 5) is 11.7. The van der Waals surface area contributed by atoms with Gasteiger partial charge in [0.15, 0.2) is 0 Å². The lowest BCUT2D eigenvalue weighted by molar-refractivity contribution is -0.137. The second-order valence-corrected chi connectivity index (χ2v) is 4.30. The number of alkyl halides is 3. The summed E-state index contributed by atoms with van der Waals surface area (Å²) >= 11 is 0. The third-order valence-corrected chi connectivity index (χ3v) is 2.64. The number of hydrogen-bond donors (Lipinski definition) is 2. The molecule has 21 heavy (non-hydrogen) atoms. The van der Waals surface area contributed by atoms with Crippen LogP contribution in [-0.4, -0.2) is 28.0 Å². The molecular weight excluding hydrogens is 283 g/mol. The van der Waals surface area contributed by atoms with E-state index in [0.717, 1.165) is 11.8 Å². The van der Waals surface area contributed by atoms with Crippen LogP contribution < -0.4 is 10.6 Å². The van der Waals surface area contributed by atoms with Crippen molar-refractivity contribution in [2.45, 2.75) is 13.1 Å². The fourth-order valence-corrected chi connectivity index (χ4v) is 1.70. The molecule has 0 aliphatic rings. The maximum Gasteiger partial charge on any atom is 0.419 e. The Morgan fingerprint density at radius 2 is 1.86 bits per heavy atom. The van der Waals surface area contributed by atoms with E-state index in [1.54, 1.807) is 6.07 Å². The van der Waals surface area contributed by atoms with Crippen molar-refractivity contribution in [3.8, 4) is 0 Å². The molecule has 0 atom stereocenters. The van der Waals surface area contributed by atoms with E-state index in [0.29, 0.717) is 12.4 Å². The van der Waals surface area contributed by atoms with E-state index in [2.05, 4.69) is 25.6 Å². The smallest absolute Gasteiger partial charge is 0.368 e. The van der Waals surface area contributed by atoms with Gasteiger partial charge >= 0.3 is 6.18 Å². The van der Waals surface area contributed by atoms with Crippen LogP contribution in [0, 0.1) is 6.92 Å². The summed E-state index contributed by atoms with van der Waals surface area (Å²) in [7, 11) is 0. The Bertz CT molecular complexity index is 600. The molecule has 0 aliphatic carbocycles. The summed E-state index contributed by atoms with van der Waals surface area (Å²) in [5.74, 6) is 0.451. The molecule has 0 bridgehead atoms. The molecule has 2 rings (SSSR count). The maximum atomic E-state index is 12.8. The van der Waals surface area contributed by atoms with Gasteiger partial charge in [0.2, 0.25) is 0 Å². The van der Waals surface area contributed by atoms with Gasteiger partial charge in [-0.25, -0.2) is 15.0 Å². The van der Waals surface area contributed by atoms with E-state index in [1.165, 1.54) is 18.6 Å². The summed E-state index contributed by atoms with van der Waals surface area (Å²) in [6, 6.07) is 4.01. The highest BCUT2D eigenvalue weighted by molar-refractivity contribution is 5.45. The second-order valence-electron chi connectivity index (χ2n) is 4.30. The van der Waals surface area contributed by atoms with E-state index < -0.39 is 11.7 Å². The summed E-state index contributed by atoms with van der Waals surface area (Å²) in [5.41, 5.74) is 0.0347. The molecule has 2 N–H and O–H groups in total. The van der Waals surface area contributed by atoms with E-state index in [-0.39, 0.29) is 12.4 Å². The lowest BCUT2D eigenvalue weighted by atomic mass is 10.2. The molecule has 0 aliphatic heterocycles. The number of hydrogen-bond acceptors (Lipinski definition) is 5. The number of anilines is 2. The van der Waals surface area contributed by atoms with Gasteiger partial charge in [-0.3, -0.25) is 0 Å². The SMILES string of the molecule is Cc1cc(NCCNc2ncccc2C(F)(F)F)ncn1. The van der Waals surface area contributed by atoms with Crippen molar-refractivity contribution in [1.82, 2.24) is 15.0 Å². The molecule has 0 saturated heterocycles. The Hall–Kier alpha value is -2.38. The topological polar surface area (TPSA) is 62.7 Å². The Kier molecular flexibility index (Phi) is 4.56. The van der Waals surface area contributed by atoms with Gasteiger partial charge in [-0.05, 0) is 19.1 Å². The predicted molar refractivity (Wildman–Crippen MR) is 73.0 cm³/mol. The van der Waals surface area contributed by atoms with Crippen LogP contribution in [0.2, 0.25) is 0 Å². The van der Waals surface area contributed by atoms with Crippen LogP contribution in [0.15, 0.2) is 30.7 Å². The first-order chi connectivity index (χ1) is 9.97. The summed E-state index contributed by atoms with van der Waals surface area (Å²) in [6.07, 6.45) is -1.68. The molecule has 0 spiro atoms. The van der Waals surface area contributed by atoms with Crippen LogP contribution in [0.5, 0.6) is 0 Å². The summed E-state index contributed by atoms with van der Waals surface area (Å²) in [6.45, 7) is 2.52. The van der Waals surface area contributed by atoms with E-state index >= 15 is 0 Å². The standard InChI is InChI=1S/C13H14F3N5/c1-9-7-11(21-8-20-9)17-5-6-19-12-10(13(14,15)16)3-2-4-18-12/h2-4,7-8H,5-6H2,1H3,(H,18,19)(H,17,20,21). The zero-order chi connectivity index (χ0) is 15.3. The Morgan fingerprint density at radius 1 is 1.10 bits per heavy atom. The molecule has 5 nitrogen and oxygen atoms in total. The molecule has 112 valence electrons.